The molecule has 0 aliphatic heterocycles. The Bertz CT molecular complexity index is 279. The summed E-state index contributed by atoms with van der Waals surface area (Å²) in [6.07, 6.45) is 2.34. The fourth-order valence-electron chi connectivity index (χ4n) is 1.15. The van der Waals surface area contributed by atoms with Crippen molar-refractivity contribution in [3.8, 4) is 0 Å². The van der Waals surface area contributed by atoms with E-state index >= 15 is 0 Å². The molecule has 0 spiro atoms. The lowest BCUT2D eigenvalue weighted by Gasteiger charge is -2.11. The minimum absolute atomic E-state index is 0.239. The highest BCUT2D eigenvalue weighted by atomic mass is 16.5. The number of aliphatic carboxylic acids is 1. The number of allylic oxidation sites excluding steroid dienone is 1. The van der Waals surface area contributed by atoms with Crippen molar-refractivity contribution in [1.29, 1.82) is 0 Å². The molecular formula is C12H20O4. The summed E-state index contributed by atoms with van der Waals surface area (Å²) >= 11 is 0. The second kappa shape index (κ2) is 7.04. The van der Waals surface area contributed by atoms with Crippen molar-refractivity contribution in [2.45, 2.75) is 34.1 Å². The molecule has 0 saturated carbocycles. The molecule has 16 heavy (non-hydrogen) atoms. The largest absolute Gasteiger partial charge is 0.481 e. The summed E-state index contributed by atoms with van der Waals surface area (Å²) in [7, 11) is 0. The van der Waals surface area contributed by atoms with Crippen molar-refractivity contribution in [2.24, 2.45) is 11.8 Å². The van der Waals surface area contributed by atoms with Crippen molar-refractivity contribution in [2.75, 3.05) is 6.61 Å². The number of carboxylic acids is 1. The van der Waals surface area contributed by atoms with Crippen LogP contribution in [-0.4, -0.2) is 23.7 Å². The van der Waals surface area contributed by atoms with Crippen LogP contribution in [0.5, 0.6) is 0 Å². The number of rotatable bonds is 6. The van der Waals surface area contributed by atoms with Gasteiger partial charge in [-0.3, -0.25) is 4.79 Å². The van der Waals surface area contributed by atoms with Gasteiger partial charge in [0.15, 0.2) is 0 Å². The first kappa shape index (κ1) is 14.7. The first-order chi connectivity index (χ1) is 7.40. The van der Waals surface area contributed by atoms with Crippen LogP contribution < -0.4 is 0 Å². The van der Waals surface area contributed by atoms with Crippen LogP contribution in [0.25, 0.3) is 0 Å². The fraction of sp³-hybridized carbons (Fsp3) is 0.667. The monoisotopic (exact) mass is 228 g/mol. The van der Waals surface area contributed by atoms with E-state index in [-0.39, 0.29) is 12.2 Å². The Balaban J connectivity index is 4.82. The zero-order valence-corrected chi connectivity index (χ0v) is 10.3. The minimum Gasteiger partial charge on any atom is -0.481 e. The Kier molecular flexibility index (Phi) is 6.46. The molecule has 0 aliphatic carbocycles. The third-order valence-corrected chi connectivity index (χ3v) is 2.16. The maximum absolute atomic E-state index is 11.5. The Morgan fingerprint density at radius 1 is 1.31 bits per heavy atom. The van der Waals surface area contributed by atoms with Gasteiger partial charge in [-0.05, 0) is 26.2 Å². The molecule has 0 bridgehead atoms. The quantitative estimate of drug-likeness (QED) is 0.559. The SMILES string of the molecule is CCOC(=O)/C(=C/CC(C)C)C(C)C(=O)O. The number of carboxylic acid groups (broad SMARTS) is 1. The standard InChI is InChI=1S/C12H20O4/c1-5-16-12(15)10(7-6-8(2)3)9(4)11(13)14/h7-9H,5-6H2,1-4H3,(H,13,14)/b10-7+. The summed E-state index contributed by atoms with van der Waals surface area (Å²) in [5.41, 5.74) is 0.239. The van der Waals surface area contributed by atoms with Crippen LogP contribution in [0, 0.1) is 11.8 Å². The van der Waals surface area contributed by atoms with Gasteiger partial charge in [0.25, 0.3) is 0 Å². The van der Waals surface area contributed by atoms with E-state index < -0.39 is 17.9 Å². The second-order valence-corrected chi connectivity index (χ2v) is 4.07. The Hall–Kier alpha value is -1.32. The number of hydrogen-bond donors (Lipinski definition) is 1. The predicted octanol–water partition coefficient (Wildman–Crippen LogP) is 2.24. The van der Waals surface area contributed by atoms with Crippen molar-refractivity contribution in [3.05, 3.63) is 11.6 Å². The molecule has 0 rings (SSSR count). The molecule has 0 fully saturated rings. The molecule has 1 atom stereocenters. The van der Waals surface area contributed by atoms with Gasteiger partial charge in [0.05, 0.1) is 12.5 Å². The van der Waals surface area contributed by atoms with Gasteiger partial charge in [-0.25, -0.2) is 4.79 Å². The molecule has 0 saturated heterocycles. The molecule has 1 unspecified atom stereocenters. The van der Waals surface area contributed by atoms with E-state index in [4.69, 9.17) is 9.84 Å². The molecule has 4 nitrogen and oxygen atoms in total. The van der Waals surface area contributed by atoms with Gasteiger partial charge in [0.2, 0.25) is 0 Å². The zero-order chi connectivity index (χ0) is 12.7. The van der Waals surface area contributed by atoms with Crippen LogP contribution in [-0.2, 0) is 14.3 Å². The Labute approximate surface area is 96.3 Å². The van der Waals surface area contributed by atoms with Gasteiger partial charge in [-0.1, -0.05) is 19.9 Å². The van der Waals surface area contributed by atoms with Crippen molar-refractivity contribution < 1.29 is 19.4 Å². The molecule has 0 amide bonds. The Morgan fingerprint density at radius 2 is 1.88 bits per heavy atom. The van der Waals surface area contributed by atoms with Gasteiger partial charge in [-0.15, -0.1) is 0 Å². The van der Waals surface area contributed by atoms with E-state index in [1.54, 1.807) is 13.0 Å². The summed E-state index contributed by atoms with van der Waals surface area (Å²) < 4.78 is 4.84. The maximum Gasteiger partial charge on any atom is 0.334 e. The van der Waals surface area contributed by atoms with Crippen LogP contribution in [0.3, 0.4) is 0 Å². The minimum atomic E-state index is -1.01. The van der Waals surface area contributed by atoms with Crippen LogP contribution in [0.4, 0.5) is 0 Å². The van der Waals surface area contributed by atoms with Gasteiger partial charge < -0.3 is 9.84 Å². The number of ether oxygens (including phenoxy) is 1. The van der Waals surface area contributed by atoms with Crippen LogP contribution in [0.1, 0.15) is 34.1 Å². The average molecular weight is 228 g/mol. The number of hydrogen-bond acceptors (Lipinski definition) is 3. The maximum atomic E-state index is 11.5. The van der Waals surface area contributed by atoms with E-state index in [1.807, 2.05) is 13.8 Å². The highest BCUT2D eigenvalue weighted by Crippen LogP contribution is 2.15. The molecule has 0 aromatic rings. The molecular weight excluding hydrogens is 208 g/mol. The first-order valence-electron chi connectivity index (χ1n) is 5.50. The molecule has 0 heterocycles. The molecule has 0 aliphatic rings. The van der Waals surface area contributed by atoms with Gasteiger partial charge in [-0.2, -0.15) is 0 Å². The van der Waals surface area contributed by atoms with Gasteiger partial charge in [0.1, 0.15) is 0 Å². The lowest BCUT2D eigenvalue weighted by atomic mass is 9.98. The summed E-state index contributed by atoms with van der Waals surface area (Å²) in [6, 6.07) is 0. The molecule has 0 radical (unpaired) electrons. The van der Waals surface area contributed by atoms with Crippen molar-refractivity contribution >= 4 is 11.9 Å². The van der Waals surface area contributed by atoms with Crippen LogP contribution in [0.15, 0.2) is 11.6 Å². The fourth-order valence-corrected chi connectivity index (χ4v) is 1.15. The summed E-state index contributed by atoms with van der Waals surface area (Å²) in [5, 5.41) is 8.89. The third-order valence-electron chi connectivity index (χ3n) is 2.16. The predicted molar refractivity (Wildman–Crippen MR) is 61.0 cm³/mol. The molecule has 92 valence electrons. The Morgan fingerprint density at radius 3 is 2.25 bits per heavy atom. The number of esters is 1. The van der Waals surface area contributed by atoms with E-state index in [9.17, 15) is 9.59 Å². The van der Waals surface area contributed by atoms with Crippen molar-refractivity contribution in [1.82, 2.24) is 0 Å². The molecule has 0 aromatic carbocycles. The smallest absolute Gasteiger partial charge is 0.334 e. The normalized spacial score (nSPS) is 13.7. The van der Waals surface area contributed by atoms with Crippen LogP contribution in [0.2, 0.25) is 0 Å². The van der Waals surface area contributed by atoms with Crippen LogP contribution >= 0.6 is 0 Å². The zero-order valence-electron chi connectivity index (χ0n) is 10.3. The van der Waals surface area contributed by atoms with Gasteiger partial charge >= 0.3 is 11.9 Å². The van der Waals surface area contributed by atoms with E-state index in [0.717, 1.165) is 0 Å². The van der Waals surface area contributed by atoms with E-state index in [0.29, 0.717) is 12.3 Å². The summed E-state index contributed by atoms with van der Waals surface area (Å²) in [5.74, 6) is -1.98. The number of carbonyl (C=O) groups is 2. The lowest BCUT2D eigenvalue weighted by molar-refractivity contribution is -0.145. The highest BCUT2D eigenvalue weighted by Gasteiger charge is 2.23. The molecule has 4 heteroatoms. The van der Waals surface area contributed by atoms with E-state index in [1.165, 1.54) is 6.92 Å². The van der Waals surface area contributed by atoms with Gasteiger partial charge in [0, 0.05) is 5.57 Å². The van der Waals surface area contributed by atoms with E-state index in [2.05, 4.69) is 0 Å². The topological polar surface area (TPSA) is 63.6 Å². The highest BCUT2D eigenvalue weighted by molar-refractivity contribution is 5.94. The molecule has 0 aromatic heterocycles. The lowest BCUT2D eigenvalue weighted by Crippen LogP contribution is -2.20. The second-order valence-electron chi connectivity index (χ2n) is 4.07. The summed E-state index contributed by atoms with van der Waals surface area (Å²) in [4.78, 5) is 22.4. The van der Waals surface area contributed by atoms with Crippen molar-refractivity contribution in [3.63, 3.8) is 0 Å². The molecule has 1 N–H and O–H groups in total. The third kappa shape index (κ3) is 4.96. The summed E-state index contributed by atoms with van der Waals surface area (Å²) in [6.45, 7) is 7.45. The average Bonchev–Trinajstić information content (AvgIpc) is 2.17. The first-order valence-corrected chi connectivity index (χ1v) is 5.50. The number of carbonyl (C=O) groups excluding carboxylic acids is 1.